The number of hydrogen-bond donors (Lipinski definition) is 1. The Morgan fingerprint density at radius 1 is 1.31 bits per heavy atom. The quantitative estimate of drug-likeness (QED) is 0.505. The van der Waals surface area contributed by atoms with Gasteiger partial charge in [0.2, 0.25) is 0 Å². The third kappa shape index (κ3) is 7.84. The van der Waals surface area contributed by atoms with E-state index in [0.717, 1.165) is 37.7 Å². The van der Waals surface area contributed by atoms with Gasteiger partial charge in [-0.1, -0.05) is 0 Å². The molecular weight excluding hydrogens is 222 g/mol. The summed E-state index contributed by atoms with van der Waals surface area (Å²) in [4.78, 5) is 4.38. The van der Waals surface area contributed by atoms with Gasteiger partial charge in [-0.15, -0.1) is 0 Å². The summed E-state index contributed by atoms with van der Waals surface area (Å²) in [5.74, 6) is 0. The fourth-order valence-corrected chi connectivity index (χ4v) is 1.68. The van der Waals surface area contributed by atoms with Gasteiger partial charge in [0.15, 0.2) is 5.11 Å². The fraction of sp³-hybridized carbons (Fsp3) is 0.909. The van der Waals surface area contributed by atoms with Gasteiger partial charge in [0, 0.05) is 26.7 Å². The van der Waals surface area contributed by atoms with Crippen LogP contribution in [0.1, 0.15) is 13.3 Å². The molecular formula is C11H25N3OS. The number of methoxy groups -OCH3 is 1. The van der Waals surface area contributed by atoms with Crippen molar-refractivity contribution in [2.75, 3.05) is 54.0 Å². The van der Waals surface area contributed by atoms with E-state index in [2.05, 4.69) is 36.1 Å². The largest absolute Gasteiger partial charge is 0.383 e. The zero-order valence-corrected chi connectivity index (χ0v) is 11.8. The van der Waals surface area contributed by atoms with Gasteiger partial charge in [-0.25, -0.2) is 0 Å². The third-order valence-corrected chi connectivity index (χ3v) is 2.69. The molecule has 0 fully saturated rings. The number of hydrogen-bond acceptors (Lipinski definition) is 3. The lowest BCUT2D eigenvalue weighted by Gasteiger charge is -2.25. The van der Waals surface area contributed by atoms with Gasteiger partial charge < -0.3 is 19.9 Å². The maximum Gasteiger partial charge on any atom is 0.169 e. The number of rotatable bonds is 8. The smallest absolute Gasteiger partial charge is 0.169 e. The minimum Gasteiger partial charge on any atom is -0.383 e. The Labute approximate surface area is 105 Å². The summed E-state index contributed by atoms with van der Waals surface area (Å²) in [5.41, 5.74) is 0. The van der Waals surface area contributed by atoms with E-state index in [1.165, 1.54) is 0 Å². The van der Waals surface area contributed by atoms with Crippen LogP contribution in [0.5, 0.6) is 0 Å². The second-order valence-corrected chi connectivity index (χ2v) is 4.35. The van der Waals surface area contributed by atoms with Gasteiger partial charge in [-0.3, -0.25) is 0 Å². The molecule has 0 aromatic carbocycles. The van der Waals surface area contributed by atoms with E-state index in [-0.39, 0.29) is 0 Å². The van der Waals surface area contributed by atoms with Crippen molar-refractivity contribution in [3.05, 3.63) is 0 Å². The Hall–Kier alpha value is -0.390. The highest BCUT2D eigenvalue weighted by Crippen LogP contribution is 1.94. The van der Waals surface area contributed by atoms with E-state index in [1.807, 2.05) is 0 Å². The molecule has 0 unspecified atom stereocenters. The first kappa shape index (κ1) is 15.6. The van der Waals surface area contributed by atoms with Crippen LogP contribution in [0.2, 0.25) is 0 Å². The Morgan fingerprint density at radius 3 is 2.50 bits per heavy atom. The Balaban J connectivity index is 3.74. The van der Waals surface area contributed by atoms with Gasteiger partial charge >= 0.3 is 0 Å². The van der Waals surface area contributed by atoms with Crippen LogP contribution in [0.3, 0.4) is 0 Å². The normalized spacial score (nSPS) is 10.6. The number of thiocarbonyl (C=S) groups is 1. The predicted molar refractivity (Wildman–Crippen MR) is 72.9 cm³/mol. The minimum absolute atomic E-state index is 0.690. The van der Waals surface area contributed by atoms with Crippen molar-refractivity contribution in [3.8, 4) is 0 Å². The second-order valence-electron chi connectivity index (χ2n) is 3.96. The SMILES string of the molecule is CCN(CCCN(C)C)C(=S)NCCOC. The lowest BCUT2D eigenvalue weighted by Crippen LogP contribution is -2.41. The van der Waals surface area contributed by atoms with Gasteiger partial charge in [0.25, 0.3) is 0 Å². The van der Waals surface area contributed by atoms with Crippen molar-refractivity contribution < 1.29 is 4.74 Å². The summed E-state index contributed by atoms with van der Waals surface area (Å²) in [7, 11) is 5.87. The van der Waals surface area contributed by atoms with E-state index < -0.39 is 0 Å². The molecule has 0 aliphatic carbocycles. The van der Waals surface area contributed by atoms with E-state index in [4.69, 9.17) is 17.0 Å². The lowest BCUT2D eigenvalue weighted by atomic mass is 10.3. The molecule has 0 bridgehead atoms. The van der Waals surface area contributed by atoms with Gasteiger partial charge in [0.1, 0.15) is 0 Å². The van der Waals surface area contributed by atoms with E-state index in [0.29, 0.717) is 6.61 Å². The molecule has 16 heavy (non-hydrogen) atoms. The molecule has 4 nitrogen and oxygen atoms in total. The summed E-state index contributed by atoms with van der Waals surface area (Å²) >= 11 is 5.31. The van der Waals surface area contributed by atoms with Crippen LogP contribution in [0.4, 0.5) is 0 Å². The molecule has 0 amide bonds. The average molecular weight is 247 g/mol. The standard InChI is InChI=1S/C11H25N3OS/c1-5-14(9-6-8-13(2)3)11(16)12-7-10-15-4/h5-10H2,1-4H3,(H,12,16). The summed E-state index contributed by atoms with van der Waals surface area (Å²) in [6.07, 6.45) is 1.13. The van der Waals surface area contributed by atoms with Crippen LogP contribution in [0.25, 0.3) is 0 Å². The van der Waals surface area contributed by atoms with Crippen molar-refractivity contribution in [2.24, 2.45) is 0 Å². The van der Waals surface area contributed by atoms with Gasteiger partial charge in [-0.05, 0) is 46.2 Å². The van der Waals surface area contributed by atoms with Crippen molar-refractivity contribution in [1.29, 1.82) is 0 Å². The number of nitrogens with one attached hydrogen (secondary N) is 1. The van der Waals surface area contributed by atoms with E-state index >= 15 is 0 Å². The van der Waals surface area contributed by atoms with Crippen LogP contribution in [-0.4, -0.2) is 68.9 Å². The zero-order chi connectivity index (χ0) is 12.4. The highest BCUT2D eigenvalue weighted by Gasteiger charge is 2.06. The Kier molecular flexibility index (Phi) is 9.57. The minimum atomic E-state index is 0.690. The first-order valence-corrected chi connectivity index (χ1v) is 6.19. The Morgan fingerprint density at radius 2 is 2.00 bits per heavy atom. The monoisotopic (exact) mass is 247 g/mol. The maximum atomic E-state index is 5.31. The fourth-order valence-electron chi connectivity index (χ4n) is 1.35. The molecule has 0 heterocycles. The summed E-state index contributed by atoms with van der Waals surface area (Å²) in [6.45, 7) is 6.64. The highest BCUT2D eigenvalue weighted by atomic mass is 32.1. The second kappa shape index (κ2) is 9.81. The van der Waals surface area contributed by atoms with Crippen LogP contribution < -0.4 is 5.32 Å². The number of nitrogens with zero attached hydrogens (tertiary/aromatic N) is 2. The molecule has 0 atom stereocenters. The molecule has 0 aromatic heterocycles. The predicted octanol–water partition coefficient (Wildman–Crippen LogP) is 0.781. The van der Waals surface area contributed by atoms with Gasteiger partial charge in [0.05, 0.1) is 6.61 Å². The molecule has 0 rings (SSSR count). The zero-order valence-electron chi connectivity index (χ0n) is 11.0. The molecule has 0 saturated heterocycles. The maximum absolute atomic E-state index is 5.31. The molecule has 0 spiro atoms. The van der Waals surface area contributed by atoms with Crippen LogP contribution in [0, 0.1) is 0 Å². The highest BCUT2D eigenvalue weighted by molar-refractivity contribution is 7.80. The van der Waals surface area contributed by atoms with Gasteiger partial charge in [-0.2, -0.15) is 0 Å². The van der Waals surface area contributed by atoms with Crippen molar-refractivity contribution >= 4 is 17.3 Å². The molecule has 0 aliphatic rings. The Bertz CT molecular complexity index is 188. The summed E-state index contributed by atoms with van der Waals surface area (Å²) in [5, 5.41) is 4.02. The number of ether oxygens (including phenoxy) is 1. The molecule has 96 valence electrons. The van der Waals surface area contributed by atoms with E-state index in [1.54, 1.807) is 7.11 Å². The van der Waals surface area contributed by atoms with E-state index in [9.17, 15) is 0 Å². The molecule has 1 N–H and O–H groups in total. The first-order chi connectivity index (χ1) is 7.61. The topological polar surface area (TPSA) is 27.7 Å². The molecule has 0 saturated carbocycles. The lowest BCUT2D eigenvalue weighted by molar-refractivity contribution is 0.203. The van der Waals surface area contributed by atoms with Crippen molar-refractivity contribution in [1.82, 2.24) is 15.1 Å². The molecule has 0 aliphatic heterocycles. The molecule has 0 radical (unpaired) electrons. The van der Waals surface area contributed by atoms with Crippen LogP contribution >= 0.6 is 12.2 Å². The summed E-state index contributed by atoms with van der Waals surface area (Å²) in [6, 6.07) is 0. The molecule has 0 aromatic rings. The average Bonchev–Trinajstić information content (AvgIpc) is 2.24. The van der Waals surface area contributed by atoms with Crippen LogP contribution in [-0.2, 0) is 4.74 Å². The first-order valence-electron chi connectivity index (χ1n) is 5.78. The van der Waals surface area contributed by atoms with Crippen LogP contribution in [0.15, 0.2) is 0 Å². The van der Waals surface area contributed by atoms with Crippen molar-refractivity contribution in [3.63, 3.8) is 0 Å². The molecule has 5 heteroatoms. The van der Waals surface area contributed by atoms with Crippen molar-refractivity contribution in [2.45, 2.75) is 13.3 Å². The third-order valence-electron chi connectivity index (χ3n) is 2.28. The summed E-state index contributed by atoms with van der Waals surface area (Å²) < 4.78 is 4.97.